The van der Waals surface area contributed by atoms with Crippen LogP contribution in [-0.2, 0) is 31.2 Å². The van der Waals surface area contributed by atoms with Crippen molar-refractivity contribution in [2.45, 2.75) is 63.1 Å². The molecule has 0 spiro atoms. The van der Waals surface area contributed by atoms with Crippen LogP contribution in [0.5, 0.6) is 0 Å². The monoisotopic (exact) mass is 540 g/mol. The van der Waals surface area contributed by atoms with Crippen LogP contribution in [-0.4, -0.2) is 60.0 Å². The Bertz CT molecular complexity index is 1620. The van der Waals surface area contributed by atoms with E-state index in [-0.39, 0.29) is 35.5 Å². The summed E-state index contributed by atoms with van der Waals surface area (Å²) in [6.07, 6.45) is 4.46. The third-order valence-electron chi connectivity index (χ3n) is 8.62. The molecular weight excluding hydrogens is 504 g/mol. The van der Waals surface area contributed by atoms with E-state index in [1.54, 1.807) is 4.68 Å². The minimum atomic E-state index is -1.10. The third kappa shape index (κ3) is 4.95. The number of nitrogens with two attached hydrogens (primary N) is 1. The zero-order valence-electron chi connectivity index (χ0n) is 23.1. The molecule has 1 aliphatic heterocycles. The van der Waals surface area contributed by atoms with Crippen molar-refractivity contribution in [2.24, 2.45) is 12.8 Å². The van der Waals surface area contributed by atoms with E-state index in [1.165, 1.54) is 22.0 Å². The first-order valence-corrected chi connectivity index (χ1v) is 14.1. The second-order valence-corrected chi connectivity index (χ2v) is 11.6. The van der Waals surface area contributed by atoms with E-state index >= 15 is 0 Å². The summed E-state index contributed by atoms with van der Waals surface area (Å²) in [6, 6.07) is 16.5. The molecule has 0 radical (unpaired) electrons. The SMILES string of the molecule is CC(CC(=O)N1CCC(O)(Cn2cnc3c(-c4ccc5c(c4)CC(N)C5)n(C)nc3c2=O)CC1)c1ccccc1. The molecule has 9 nitrogen and oxygen atoms in total. The number of piperidine rings is 1. The average Bonchev–Trinajstić information content (AvgIpc) is 3.49. The quantitative estimate of drug-likeness (QED) is 0.388. The van der Waals surface area contributed by atoms with Crippen molar-refractivity contribution in [1.29, 1.82) is 0 Å². The Balaban J connectivity index is 1.16. The van der Waals surface area contributed by atoms with Gasteiger partial charge in [0.25, 0.3) is 5.56 Å². The lowest BCUT2D eigenvalue weighted by atomic mass is 9.90. The van der Waals surface area contributed by atoms with Gasteiger partial charge in [0.2, 0.25) is 5.91 Å². The molecule has 0 bridgehead atoms. The van der Waals surface area contributed by atoms with Gasteiger partial charge in [-0.15, -0.1) is 0 Å². The molecule has 3 heterocycles. The number of fused-ring (bicyclic) bond motifs is 2. The highest BCUT2D eigenvalue weighted by molar-refractivity contribution is 5.89. The minimum absolute atomic E-state index is 0.0909. The van der Waals surface area contributed by atoms with Crippen molar-refractivity contribution in [2.75, 3.05) is 13.1 Å². The fourth-order valence-electron chi connectivity index (χ4n) is 6.27. The summed E-state index contributed by atoms with van der Waals surface area (Å²) in [6.45, 7) is 3.08. The number of nitrogens with zero attached hydrogens (tertiary/aromatic N) is 5. The lowest BCUT2D eigenvalue weighted by molar-refractivity contribution is -0.136. The van der Waals surface area contributed by atoms with Crippen molar-refractivity contribution in [3.8, 4) is 11.3 Å². The van der Waals surface area contributed by atoms with Crippen LogP contribution in [0.4, 0.5) is 0 Å². The summed E-state index contributed by atoms with van der Waals surface area (Å²) < 4.78 is 3.16. The van der Waals surface area contributed by atoms with E-state index in [2.05, 4.69) is 29.1 Å². The van der Waals surface area contributed by atoms with Crippen molar-refractivity contribution >= 4 is 16.9 Å². The molecule has 2 aromatic heterocycles. The Morgan fingerprint density at radius 1 is 1.10 bits per heavy atom. The highest BCUT2D eigenvalue weighted by atomic mass is 16.3. The molecule has 208 valence electrons. The molecule has 9 heteroatoms. The Hall–Kier alpha value is -3.82. The maximum absolute atomic E-state index is 13.5. The molecule has 2 aromatic carbocycles. The van der Waals surface area contributed by atoms with E-state index in [0.717, 1.165) is 29.7 Å². The fourth-order valence-corrected chi connectivity index (χ4v) is 6.27. The van der Waals surface area contributed by atoms with Gasteiger partial charge < -0.3 is 15.7 Å². The molecule has 1 fully saturated rings. The molecule has 2 atom stereocenters. The zero-order valence-corrected chi connectivity index (χ0v) is 23.1. The number of carbonyl (C=O) groups is 1. The van der Waals surface area contributed by atoms with E-state index in [4.69, 9.17) is 5.73 Å². The van der Waals surface area contributed by atoms with Crippen molar-refractivity contribution < 1.29 is 9.90 Å². The van der Waals surface area contributed by atoms with Gasteiger partial charge >= 0.3 is 0 Å². The van der Waals surface area contributed by atoms with Gasteiger partial charge in [-0.1, -0.05) is 49.4 Å². The first kappa shape index (κ1) is 26.4. The molecular formula is C31H36N6O3. The maximum Gasteiger partial charge on any atom is 0.281 e. The minimum Gasteiger partial charge on any atom is -0.388 e. The van der Waals surface area contributed by atoms with Gasteiger partial charge in [-0.2, -0.15) is 5.10 Å². The number of rotatable bonds is 6. The molecule has 0 saturated carbocycles. The predicted molar refractivity (Wildman–Crippen MR) is 154 cm³/mol. The zero-order chi connectivity index (χ0) is 28.0. The number of aromatic nitrogens is 4. The van der Waals surface area contributed by atoms with Crippen LogP contribution in [0.15, 0.2) is 59.7 Å². The Labute approximate surface area is 233 Å². The lowest BCUT2D eigenvalue weighted by Gasteiger charge is -2.38. The maximum atomic E-state index is 13.5. The number of hydrogen-bond acceptors (Lipinski definition) is 6. The molecule has 1 saturated heterocycles. The normalized spacial score (nSPS) is 19.1. The predicted octanol–water partition coefficient (Wildman–Crippen LogP) is 2.77. The number of benzene rings is 2. The van der Waals surface area contributed by atoms with Crippen LogP contribution in [0.2, 0.25) is 0 Å². The number of likely N-dealkylation sites (tertiary alicyclic amines) is 1. The van der Waals surface area contributed by atoms with Crippen LogP contribution in [0.25, 0.3) is 22.3 Å². The van der Waals surface area contributed by atoms with Gasteiger partial charge in [-0.25, -0.2) is 4.98 Å². The second-order valence-electron chi connectivity index (χ2n) is 11.6. The summed E-state index contributed by atoms with van der Waals surface area (Å²) in [4.78, 5) is 32.9. The first-order chi connectivity index (χ1) is 19.2. The van der Waals surface area contributed by atoms with Crippen LogP contribution >= 0.6 is 0 Å². The number of aliphatic hydroxyl groups is 1. The van der Waals surface area contributed by atoms with Gasteiger partial charge in [0.1, 0.15) is 5.52 Å². The van der Waals surface area contributed by atoms with E-state index in [9.17, 15) is 14.7 Å². The van der Waals surface area contributed by atoms with E-state index in [1.807, 2.05) is 48.3 Å². The van der Waals surface area contributed by atoms with Crippen molar-refractivity contribution in [3.05, 3.63) is 81.9 Å². The Kier molecular flexibility index (Phi) is 6.80. The van der Waals surface area contributed by atoms with E-state index < -0.39 is 5.60 Å². The first-order valence-electron chi connectivity index (χ1n) is 14.1. The van der Waals surface area contributed by atoms with Gasteiger partial charge in [-0.3, -0.25) is 18.8 Å². The topological polar surface area (TPSA) is 119 Å². The smallest absolute Gasteiger partial charge is 0.281 e. The van der Waals surface area contributed by atoms with Crippen LogP contribution < -0.4 is 11.3 Å². The molecule has 1 amide bonds. The van der Waals surface area contributed by atoms with E-state index in [0.29, 0.717) is 37.9 Å². The van der Waals surface area contributed by atoms with Crippen LogP contribution in [0, 0.1) is 0 Å². The standard InChI is InChI=1S/C31H36N6O3/c1-20(21-6-4-3-5-7-21)14-26(38)36-12-10-31(40,11-13-36)18-37-19-33-27-28(30(37)39)34-35(2)29(27)23-9-8-22-16-25(32)17-24(22)15-23/h3-9,15,19-20,25,40H,10-14,16-18,32H2,1-2H3. The van der Waals surface area contributed by atoms with Crippen LogP contribution in [0.3, 0.4) is 0 Å². The summed E-state index contributed by atoms with van der Waals surface area (Å²) >= 11 is 0. The summed E-state index contributed by atoms with van der Waals surface area (Å²) in [5, 5.41) is 15.9. The Morgan fingerprint density at radius 2 is 1.82 bits per heavy atom. The number of carbonyl (C=O) groups excluding carboxylic acids is 1. The summed E-state index contributed by atoms with van der Waals surface area (Å²) in [5.41, 5.74) is 11.0. The van der Waals surface area contributed by atoms with Gasteiger partial charge in [-0.05, 0) is 54.4 Å². The molecule has 2 aliphatic rings. The summed E-state index contributed by atoms with van der Waals surface area (Å²) in [7, 11) is 1.82. The molecule has 2 unspecified atom stereocenters. The van der Waals surface area contributed by atoms with Crippen molar-refractivity contribution in [3.63, 3.8) is 0 Å². The molecule has 1 aliphatic carbocycles. The molecule has 40 heavy (non-hydrogen) atoms. The lowest BCUT2D eigenvalue weighted by Crippen LogP contribution is -2.49. The van der Waals surface area contributed by atoms with Crippen LogP contribution in [0.1, 0.15) is 48.8 Å². The molecule has 4 aromatic rings. The highest BCUT2D eigenvalue weighted by Crippen LogP contribution is 2.31. The van der Waals surface area contributed by atoms with Gasteiger partial charge in [0.15, 0.2) is 5.52 Å². The van der Waals surface area contributed by atoms with Crippen molar-refractivity contribution in [1.82, 2.24) is 24.2 Å². The number of aryl methyl sites for hydroxylation is 1. The summed E-state index contributed by atoms with van der Waals surface area (Å²) in [5.74, 6) is 0.219. The fraction of sp³-hybridized carbons (Fsp3) is 0.419. The molecule has 6 rings (SSSR count). The number of hydrogen-bond donors (Lipinski definition) is 2. The highest BCUT2D eigenvalue weighted by Gasteiger charge is 2.35. The molecule has 3 N–H and O–H groups in total. The average molecular weight is 541 g/mol. The van der Waals surface area contributed by atoms with Gasteiger partial charge in [0.05, 0.1) is 24.2 Å². The Morgan fingerprint density at radius 3 is 2.58 bits per heavy atom. The largest absolute Gasteiger partial charge is 0.388 e. The van der Waals surface area contributed by atoms with Gasteiger partial charge in [0, 0.05) is 38.2 Å². The second kappa shape index (κ2) is 10.3. The third-order valence-corrected chi connectivity index (χ3v) is 8.62. The number of amides is 1.